The van der Waals surface area contributed by atoms with E-state index in [-0.39, 0.29) is 5.92 Å². The van der Waals surface area contributed by atoms with Crippen LogP contribution in [0.25, 0.3) is 0 Å². The maximum absolute atomic E-state index is 13.1. The van der Waals surface area contributed by atoms with Crippen molar-refractivity contribution < 1.29 is 18.7 Å². The van der Waals surface area contributed by atoms with Gasteiger partial charge in [0.25, 0.3) is 0 Å². The van der Waals surface area contributed by atoms with E-state index in [0.717, 1.165) is 6.07 Å². The molecule has 82 valence electrons. The van der Waals surface area contributed by atoms with E-state index in [9.17, 15) is 13.6 Å². The molecule has 0 radical (unpaired) electrons. The Kier molecular flexibility index (Phi) is 3.02. The number of carboxylic acid groups (broad SMARTS) is 1. The normalized spacial score (nSPS) is 11.8. The minimum Gasteiger partial charge on any atom is -0.476 e. The van der Waals surface area contributed by atoms with Gasteiger partial charge in [-0.25, -0.2) is 4.79 Å². The summed E-state index contributed by atoms with van der Waals surface area (Å²) in [6.45, 7) is 3.66. The van der Waals surface area contributed by atoms with Crippen molar-refractivity contribution >= 4 is 5.97 Å². The third-order valence-electron chi connectivity index (χ3n) is 2.04. The molecule has 0 saturated carbocycles. The first-order valence-corrected chi connectivity index (χ1v) is 4.43. The van der Waals surface area contributed by atoms with Crippen molar-refractivity contribution in [3.8, 4) is 0 Å². The van der Waals surface area contributed by atoms with Gasteiger partial charge in [-0.3, -0.25) is 4.98 Å². The third kappa shape index (κ3) is 2.29. The molecule has 0 atom stereocenters. The molecular formula is C10H11F2NO2. The number of alkyl halides is 2. The van der Waals surface area contributed by atoms with Crippen LogP contribution in [-0.4, -0.2) is 16.1 Å². The molecule has 15 heavy (non-hydrogen) atoms. The molecule has 0 aliphatic heterocycles. The van der Waals surface area contributed by atoms with Crippen LogP contribution in [0.4, 0.5) is 8.78 Å². The standard InChI is InChI=1S/C10H11F2NO2/c1-6(2)7-3-4-13-8(5-7)10(11,12)9(14)15/h3-6H,1-2H3,(H,14,15). The van der Waals surface area contributed by atoms with Crippen molar-refractivity contribution in [2.24, 2.45) is 0 Å². The highest BCUT2D eigenvalue weighted by atomic mass is 19.3. The van der Waals surface area contributed by atoms with Crippen molar-refractivity contribution in [2.75, 3.05) is 0 Å². The molecule has 0 aromatic carbocycles. The molecule has 5 heteroatoms. The minimum absolute atomic E-state index is 0.0522. The quantitative estimate of drug-likeness (QED) is 0.842. The maximum Gasteiger partial charge on any atom is 0.384 e. The summed E-state index contributed by atoms with van der Waals surface area (Å²) in [6, 6.07) is 2.71. The number of hydrogen-bond donors (Lipinski definition) is 1. The Balaban J connectivity index is 3.16. The first kappa shape index (κ1) is 11.6. The topological polar surface area (TPSA) is 50.2 Å². The Morgan fingerprint density at radius 2 is 2.13 bits per heavy atom. The van der Waals surface area contributed by atoms with Crippen molar-refractivity contribution in [1.29, 1.82) is 0 Å². The van der Waals surface area contributed by atoms with Crippen LogP contribution in [0.2, 0.25) is 0 Å². The fraction of sp³-hybridized carbons (Fsp3) is 0.400. The summed E-state index contributed by atoms with van der Waals surface area (Å²) in [5.41, 5.74) is -0.0814. The molecule has 0 aliphatic rings. The highest BCUT2D eigenvalue weighted by Gasteiger charge is 2.42. The van der Waals surface area contributed by atoms with Gasteiger partial charge in [0, 0.05) is 6.20 Å². The molecule has 3 nitrogen and oxygen atoms in total. The summed E-state index contributed by atoms with van der Waals surface area (Å²) >= 11 is 0. The number of carbonyl (C=O) groups is 1. The van der Waals surface area contributed by atoms with Crippen molar-refractivity contribution in [1.82, 2.24) is 4.98 Å². The average Bonchev–Trinajstić information content (AvgIpc) is 2.17. The molecule has 0 fully saturated rings. The van der Waals surface area contributed by atoms with Crippen LogP contribution in [0.3, 0.4) is 0 Å². The van der Waals surface area contributed by atoms with Gasteiger partial charge in [0.2, 0.25) is 0 Å². The van der Waals surface area contributed by atoms with Gasteiger partial charge >= 0.3 is 11.9 Å². The SMILES string of the molecule is CC(C)c1ccnc(C(F)(F)C(=O)O)c1. The molecule has 1 rings (SSSR count). The van der Waals surface area contributed by atoms with Crippen LogP contribution in [0.15, 0.2) is 18.3 Å². The lowest BCUT2D eigenvalue weighted by molar-refractivity contribution is -0.166. The van der Waals surface area contributed by atoms with Crippen LogP contribution < -0.4 is 0 Å². The highest BCUT2D eigenvalue weighted by molar-refractivity contribution is 5.76. The fourth-order valence-corrected chi connectivity index (χ4v) is 1.09. The summed E-state index contributed by atoms with van der Waals surface area (Å²) in [4.78, 5) is 13.7. The second kappa shape index (κ2) is 3.92. The molecule has 0 bridgehead atoms. The van der Waals surface area contributed by atoms with Crippen LogP contribution in [0, 0.1) is 0 Å². The molecule has 1 aromatic heterocycles. The Morgan fingerprint density at radius 1 is 1.53 bits per heavy atom. The van der Waals surface area contributed by atoms with Gasteiger partial charge in [-0.2, -0.15) is 8.78 Å². The van der Waals surface area contributed by atoms with Crippen LogP contribution in [0.5, 0.6) is 0 Å². The lowest BCUT2D eigenvalue weighted by Gasteiger charge is -2.12. The summed E-state index contributed by atoms with van der Waals surface area (Å²) in [5, 5.41) is 8.33. The molecule has 1 N–H and O–H groups in total. The molecule has 0 unspecified atom stereocenters. The van der Waals surface area contributed by atoms with Gasteiger partial charge < -0.3 is 5.11 Å². The predicted octanol–water partition coefficient (Wildman–Crippen LogP) is 2.38. The average molecular weight is 215 g/mol. The number of nitrogens with zero attached hydrogens (tertiary/aromatic N) is 1. The Bertz CT molecular complexity index is 377. The maximum atomic E-state index is 13.1. The fourth-order valence-electron chi connectivity index (χ4n) is 1.09. The molecular weight excluding hydrogens is 204 g/mol. The smallest absolute Gasteiger partial charge is 0.384 e. The van der Waals surface area contributed by atoms with Gasteiger partial charge in [-0.05, 0) is 23.6 Å². The van der Waals surface area contributed by atoms with Gasteiger partial charge in [0.15, 0.2) is 0 Å². The monoisotopic (exact) mass is 215 g/mol. The second-order valence-electron chi connectivity index (χ2n) is 3.51. The van der Waals surface area contributed by atoms with E-state index in [0.29, 0.717) is 5.56 Å². The largest absolute Gasteiger partial charge is 0.476 e. The Labute approximate surface area is 85.8 Å². The number of hydrogen-bond acceptors (Lipinski definition) is 2. The van der Waals surface area contributed by atoms with Crippen LogP contribution in [-0.2, 0) is 10.7 Å². The number of pyridine rings is 1. The summed E-state index contributed by atoms with van der Waals surface area (Å²) in [7, 11) is 0. The summed E-state index contributed by atoms with van der Waals surface area (Å²) in [5.74, 6) is -6.06. The van der Waals surface area contributed by atoms with Crippen LogP contribution in [0.1, 0.15) is 31.0 Å². The third-order valence-corrected chi connectivity index (χ3v) is 2.04. The first-order chi connectivity index (χ1) is 6.85. The van der Waals surface area contributed by atoms with E-state index in [1.807, 2.05) is 13.8 Å². The lowest BCUT2D eigenvalue weighted by atomic mass is 10.0. The summed E-state index contributed by atoms with van der Waals surface area (Å²) in [6.07, 6.45) is 1.20. The van der Waals surface area contributed by atoms with E-state index in [1.54, 1.807) is 6.07 Å². The number of halogens is 2. The zero-order chi connectivity index (χ0) is 11.6. The van der Waals surface area contributed by atoms with Crippen LogP contribution >= 0.6 is 0 Å². The van der Waals surface area contributed by atoms with Gasteiger partial charge in [-0.1, -0.05) is 13.8 Å². The van der Waals surface area contributed by atoms with Gasteiger partial charge in [0.1, 0.15) is 5.69 Å². The van der Waals surface area contributed by atoms with Crippen molar-refractivity contribution in [2.45, 2.75) is 25.7 Å². The molecule has 0 amide bonds. The van der Waals surface area contributed by atoms with E-state index in [1.165, 1.54) is 6.20 Å². The minimum atomic E-state index is -3.93. The number of aromatic nitrogens is 1. The first-order valence-electron chi connectivity index (χ1n) is 4.43. The summed E-state index contributed by atoms with van der Waals surface area (Å²) < 4.78 is 26.1. The zero-order valence-electron chi connectivity index (χ0n) is 8.37. The second-order valence-corrected chi connectivity index (χ2v) is 3.51. The van der Waals surface area contributed by atoms with Crippen molar-refractivity contribution in [3.05, 3.63) is 29.6 Å². The van der Waals surface area contributed by atoms with Gasteiger partial charge in [-0.15, -0.1) is 0 Å². The molecule has 1 aromatic rings. The Morgan fingerprint density at radius 3 is 2.60 bits per heavy atom. The number of rotatable bonds is 3. The molecule has 1 heterocycles. The van der Waals surface area contributed by atoms with E-state index < -0.39 is 17.6 Å². The van der Waals surface area contributed by atoms with Crippen molar-refractivity contribution in [3.63, 3.8) is 0 Å². The van der Waals surface area contributed by atoms with E-state index in [4.69, 9.17) is 5.11 Å². The number of carboxylic acids is 1. The van der Waals surface area contributed by atoms with E-state index >= 15 is 0 Å². The molecule has 0 spiro atoms. The number of aliphatic carboxylic acids is 1. The molecule has 0 saturated heterocycles. The zero-order valence-corrected chi connectivity index (χ0v) is 8.37. The van der Waals surface area contributed by atoms with E-state index in [2.05, 4.69) is 4.98 Å². The Hall–Kier alpha value is -1.52. The van der Waals surface area contributed by atoms with Gasteiger partial charge in [0.05, 0.1) is 0 Å². The molecule has 0 aliphatic carbocycles. The highest BCUT2D eigenvalue weighted by Crippen LogP contribution is 2.28. The lowest BCUT2D eigenvalue weighted by Crippen LogP contribution is -2.26. The predicted molar refractivity (Wildman–Crippen MR) is 49.9 cm³/mol.